The summed E-state index contributed by atoms with van der Waals surface area (Å²) in [6, 6.07) is 15.1. The quantitative estimate of drug-likeness (QED) is 0.649. The van der Waals surface area contributed by atoms with E-state index in [9.17, 15) is 4.79 Å². The number of unbranched alkanes of at least 4 members (excludes halogenated alkanes) is 1. The first-order chi connectivity index (χ1) is 10.2. The molecule has 0 bridgehead atoms. The molecule has 21 heavy (non-hydrogen) atoms. The van der Waals surface area contributed by atoms with Crippen LogP contribution in [0.5, 0.6) is 5.75 Å². The third kappa shape index (κ3) is 4.61. The smallest absolute Gasteiger partial charge is 0.166 e. The lowest BCUT2D eigenvalue weighted by atomic mass is 10.0. The van der Waals surface area contributed by atoms with Crippen LogP contribution in [0.15, 0.2) is 48.5 Å². The van der Waals surface area contributed by atoms with Crippen LogP contribution in [0.2, 0.25) is 5.02 Å². The summed E-state index contributed by atoms with van der Waals surface area (Å²) in [5.74, 6) is 0.687. The van der Waals surface area contributed by atoms with Crippen LogP contribution in [0, 0.1) is 0 Å². The van der Waals surface area contributed by atoms with Crippen LogP contribution in [0.1, 0.15) is 42.1 Å². The van der Waals surface area contributed by atoms with Gasteiger partial charge in [-0.3, -0.25) is 4.79 Å². The SMILES string of the molecule is CCCCC(=O)c1cc(Cl)ccc1OCc1ccccc1. The van der Waals surface area contributed by atoms with Gasteiger partial charge >= 0.3 is 0 Å². The molecule has 0 aromatic heterocycles. The fraction of sp³-hybridized carbons (Fsp3) is 0.278. The molecule has 0 fully saturated rings. The minimum absolute atomic E-state index is 0.0856. The van der Waals surface area contributed by atoms with E-state index in [0.29, 0.717) is 29.4 Å². The standard InChI is InChI=1S/C18H19ClO2/c1-2-3-9-17(20)16-12-15(19)10-11-18(16)21-13-14-7-5-4-6-8-14/h4-8,10-12H,2-3,9,13H2,1H3. The Morgan fingerprint density at radius 3 is 2.62 bits per heavy atom. The highest BCUT2D eigenvalue weighted by Gasteiger charge is 2.13. The molecule has 110 valence electrons. The second kappa shape index (κ2) is 7.84. The molecule has 0 saturated carbocycles. The second-order valence-corrected chi connectivity index (χ2v) is 5.38. The van der Waals surface area contributed by atoms with Crippen LogP contribution in [0.4, 0.5) is 0 Å². The Bertz CT molecular complexity index is 593. The maximum Gasteiger partial charge on any atom is 0.166 e. The van der Waals surface area contributed by atoms with Gasteiger partial charge < -0.3 is 4.74 Å². The Labute approximate surface area is 130 Å². The highest BCUT2D eigenvalue weighted by Crippen LogP contribution is 2.25. The average molecular weight is 303 g/mol. The Kier molecular flexibility index (Phi) is 5.82. The summed E-state index contributed by atoms with van der Waals surface area (Å²) in [5, 5.41) is 0.557. The Morgan fingerprint density at radius 1 is 1.14 bits per heavy atom. The van der Waals surface area contributed by atoms with Crippen molar-refractivity contribution in [1.29, 1.82) is 0 Å². The fourth-order valence-electron chi connectivity index (χ4n) is 2.05. The van der Waals surface area contributed by atoms with E-state index < -0.39 is 0 Å². The van der Waals surface area contributed by atoms with E-state index in [0.717, 1.165) is 18.4 Å². The lowest BCUT2D eigenvalue weighted by Crippen LogP contribution is -2.04. The number of benzene rings is 2. The number of halogens is 1. The van der Waals surface area contributed by atoms with Crippen molar-refractivity contribution in [2.75, 3.05) is 0 Å². The van der Waals surface area contributed by atoms with E-state index in [1.807, 2.05) is 30.3 Å². The summed E-state index contributed by atoms with van der Waals surface area (Å²) >= 11 is 6.00. The first kappa shape index (κ1) is 15.6. The zero-order valence-corrected chi connectivity index (χ0v) is 12.9. The second-order valence-electron chi connectivity index (χ2n) is 4.94. The van der Waals surface area contributed by atoms with Gasteiger partial charge in [-0.05, 0) is 30.2 Å². The van der Waals surface area contributed by atoms with Gasteiger partial charge in [-0.1, -0.05) is 55.3 Å². The van der Waals surface area contributed by atoms with Crippen LogP contribution >= 0.6 is 11.6 Å². The van der Waals surface area contributed by atoms with Crippen molar-refractivity contribution in [2.45, 2.75) is 32.8 Å². The molecule has 0 aliphatic carbocycles. The van der Waals surface area contributed by atoms with Crippen LogP contribution in [0.25, 0.3) is 0 Å². The van der Waals surface area contributed by atoms with Crippen LogP contribution in [0.3, 0.4) is 0 Å². The molecule has 0 aliphatic heterocycles. The molecule has 2 aromatic carbocycles. The minimum Gasteiger partial charge on any atom is -0.488 e. The molecule has 0 N–H and O–H groups in total. The first-order valence-electron chi connectivity index (χ1n) is 7.20. The van der Waals surface area contributed by atoms with Gasteiger partial charge in [0.25, 0.3) is 0 Å². The molecule has 3 heteroatoms. The van der Waals surface area contributed by atoms with Gasteiger partial charge in [-0.25, -0.2) is 0 Å². The summed E-state index contributed by atoms with van der Waals surface area (Å²) in [6.45, 7) is 2.51. The van der Waals surface area contributed by atoms with E-state index in [4.69, 9.17) is 16.3 Å². The van der Waals surface area contributed by atoms with Gasteiger partial charge in [0.2, 0.25) is 0 Å². The van der Waals surface area contributed by atoms with E-state index >= 15 is 0 Å². The molecule has 0 amide bonds. The van der Waals surface area contributed by atoms with Crippen molar-refractivity contribution in [2.24, 2.45) is 0 Å². The van der Waals surface area contributed by atoms with Crippen molar-refractivity contribution >= 4 is 17.4 Å². The van der Waals surface area contributed by atoms with E-state index in [1.54, 1.807) is 18.2 Å². The van der Waals surface area contributed by atoms with Crippen molar-refractivity contribution < 1.29 is 9.53 Å². The summed E-state index contributed by atoms with van der Waals surface area (Å²) in [7, 11) is 0. The Balaban J connectivity index is 2.13. The molecule has 0 aliphatic rings. The van der Waals surface area contributed by atoms with Crippen molar-refractivity contribution in [1.82, 2.24) is 0 Å². The molecule has 0 atom stereocenters. The van der Waals surface area contributed by atoms with Gasteiger partial charge in [0.1, 0.15) is 12.4 Å². The molecule has 2 rings (SSSR count). The number of carbonyl (C=O) groups is 1. The number of carbonyl (C=O) groups excluding carboxylic acids is 1. The molecule has 0 radical (unpaired) electrons. The van der Waals surface area contributed by atoms with Crippen LogP contribution < -0.4 is 4.74 Å². The predicted molar refractivity (Wildman–Crippen MR) is 86.1 cm³/mol. The van der Waals surface area contributed by atoms with Gasteiger partial charge in [0.15, 0.2) is 5.78 Å². The molecule has 0 unspecified atom stereocenters. The Morgan fingerprint density at radius 2 is 1.90 bits per heavy atom. The molecular formula is C18H19ClO2. The van der Waals surface area contributed by atoms with Gasteiger partial charge in [0, 0.05) is 11.4 Å². The molecule has 0 spiro atoms. The van der Waals surface area contributed by atoms with E-state index in [1.165, 1.54) is 0 Å². The zero-order chi connectivity index (χ0) is 15.1. The number of hydrogen-bond donors (Lipinski definition) is 0. The maximum atomic E-state index is 12.2. The fourth-order valence-corrected chi connectivity index (χ4v) is 2.23. The highest BCUT2D eigenvalue weighted by molar-refractivity contribution is 6.31. The third-order valence-electron chi connectivity index (χ3n) is 3.24. The number of rotatable bonds is 7. The molecule has 0 saturated heterocycles. The largest absolute Gasteiger partial charge is 0.488 e. The maximum absolute atomic E-state index is 12.2. The van der Waals surface area contributed by atoms with Gasteiger partial charge in [0.05, 0.1) is 5.56 Å². The highest BCUT2D eigenvalue weighted by atomic mass is 35.5. The van der Waals surface area contributed by atoms with Crippen molar-refractivity contribution in [3.8, 4) is 5.75 Å². The number of hydrogen-bond acceptors (Lipinski definition) is 2. The lowest BCUT2D eigenvalue weighted by molar-refractivity contribution is 0.0975. The van der Waals surface area contributed by atoms with E-state index in [-0.39, 0.29) is 5.78 Å². The molecule has 2 aromatic rings. The number of ether oxygens (including phenoxy) is 1. The molecule has 2 nitrogen and oxygen atoms in total. The third-order valence-corrected chi connectivity index (χ3v) is 3.47. The Hall–Kier alpha value is -1.80. The number of Topliss-reactive ketones (excluding diaryl/α,β-unsaturated/α-hetero) is 1. The van der Waals surface area contributed by atoms with E-state index in [2.05, 4.69) is 6.92 Å². The van der Waals surface area contributed by atoms with Crippen molar-refractivity contribution in [3.05, 3.63) is 64.7 Å². The lowest BCUT2D eigenvalue weighted by Gasteiger charge is -2.11. The molecule has 0 heterocycles. The first-order valence-corrected chi connectivity index (χ1v) is 7.58. The normalized spacial score (nSPS) is 10.4. The summed E-state index contributed by atoms with van der Waals surface area (Å²) in [5.41, 5.74) is 1.64. The van der Waals surface area contributed by atoms with Crippen LogP contribution in [-0.4, -0.2) is 5.78 Å². The van der Waals surface area contributed by atoms with Crippen molar-refractivity contribution in [3.63, 3.8) is 0 Å². The molecular weight excluding hydrogens is 284 g/mol. The predicted octanol–water partition coefficient (Wildman–Crippen LogP) is 5.29. The number of ketones is 1. The summed E-state index contributed by atoms with van der Waals surface area (Å²) < 4.78 is 5.80. The van der Waals surface area contributed by atoms with Gasteiger partial charge in [-0.15, -0.1) is 0 Å². The zero-order valence-electron chi connectivity index (χ0n) is 12.1. The minimum atomic E-state index is 0.0856. The van der Waals surface area contributed by atoms with Crippen LogP contribution in [-0.2, 0) is 6.61 Å². The average Bonchev–Trinajstić information content (AvgIpc) is 2.52. The topological polar surface area (TPSA) is 26.3 Å². The van der Waals surface area contributed by atoms with Gasteiger partial charge in [-0.2, -0.15) is 0 Å². The summed E-state index contributed by atoms with van der Waals surface area (Å²) in [4.78, 5) is 12.2. The summed E-state index contributed by atoms with van der Waals surface area (Å²) in [6.07, 6.45) is 2.40. The monoisotopic (exact) mass is 302 g/mol.